The molecule has 156 valence electrons. The summed E-state index contributed by atoms with van der Waals surface area (Å²) in [6.07, 6.45) is 1.28. The number of nitrogens with one attached hydrogen (secondary N) is 3. The number of rotatable bonds is 7. The summed E-state index contributed by atoms with van der Waals surface area (Å²) in [4.78, 5) is 48.8. The van der Waals surface area contributed by atoms with E-state index in [0.29, 0.717) is 30.2 Å². The average Bonchev–Trinajstić information content (AvgIpc) is 2.71. The molecule has 2 atom stereocenters. The molecule has 0 unspecified atom stereocenters. The van der Waals surface area contributed by atoms with Crippen LogP contribution in [0.25, 0.3) is 10.8 Å². The highest BCUT2D eigenvalue weighted by molar-refractivity contribution is 6.05. The van der Waals surface area contributed by atoms with Gasteiger partial charge in [0.1, 0.15) is 6.04 Å². The van der Waals surface area contributed by atoms with E-state index in [1.54, 1.807) is 31.2 Å². The Hall–Kier alpha value is -3.43. The van der Waals surface area contributed by atoms with E-state index in [1.165, 1.54) is 4.68 Å². The summed E-state index contributed by atoms with van der Waals surface area (Å²) in [6.45, 7) is 5.88. The van der Waals surface area contributed by atoms with Gasteiger partial charge in [0.15, 0.2) is 5.69 Å². The van der Waals surface area contributed by atoms with E-state index in [0.717, 1.165) is 0 Å². The van der Waals surface area contributed by atoms with Crippen molar-refractivity contribution in [3.63, 3.8) is 0 Å². The summed E-state index contributed by atoms with van der Waals surface area (Å²) in [5, 5.41) is 7.28. The molecule has 1 aromatic carbocycles. The molecule has 0 bridgehead atoms. The number of amides is 4. The minimum absolute atomic E-state index is 0.0110. The van der Waals surface area contributed by atoms with Gasteiger partial charge in [-0.25, -0.2) is 9.48 Å². The van der Waals surface area contributed by atoms with Crippen molar-refractivity contribution >= 4 is 28.6 Å². The molecule has 2 aromatic rings. The summed E-state index contributed by atoms with van der Waals surface area (Å²) < 4.78 is 1.23. The van der Waals surface area contributed by atoms with Crippen LogP contribution in [0.1, 0.15) is 44.1 Å². The van der Waals surface area contributed by atoms with Gasteiger partial charge in [0.25, 0.3) is 17.4 Å². The maximum Gasteiger partial charge on any atom is 0.312 e. The number of urea groups is 1. The van der Waals surface area contributed by atoms with E-state index in [-0.39, 0.29) is 17.2 Å². The van der Waals surface area contributed by atoms with Gasteiger partial charge in [0.2, 0.25) is 0 Å². The van der Waals surface area contributed by atoms with Crippen LogP contribution >= 0.6 is 0 Å². The number of carbonyl (C=O) groups is 3. The Morgan fingerprint density at radius 2 is 1.79 bits per heavy atom. The van der Waals surface area contributed by atoms with Crippen molar-refractivity contribution in [2.75, 3.05) is 0 Å². The molecule has 10 nitrogen and oxygen atoms in total. The quantitative estimate of drug-likeness (QED) is 0.502. The van der Waals surface area contributed by atoms with Crippen LogP contribution in [-0.4, -0.2) is 33.7 Å². The average molecular weight is 402 g/mol. The van der Waals surface area contributed by atoms with Gasteiger partial charge in [0.05, 0.1) is 5.39 Å². The van der Waals surface area contributed by atoms with Crippen LogP contribution in [0.15, 0.2) is 29.1 Å². The number of nitrogens with zero attached hydrogens (tertiary/aromatic N) is 2. The molecular formula is C19H26N6O4. The first-order valence-corrected chi connectivity index (χ1v) is 9.46. The molecule has 0 spiro atoms. The number of hydrazine groups is 1. The van der Waals surface area contributed by atoms with Gasteiger partial charge in [-0.15, -0.1) is 0 Å². The molecule has 0 saturated heterocycles. The van der Waals surface area contributed by atoms with E-state index in [1.807, 2.05) is 13.8 Å². The molecule has 0 radical (unpaired) electrons. The van der Waals surface area contributed by atoms with E-state index in [4.69, 9.17) is 5.73 Å². The first kappa shape index (κ1) is 21.9. The summed E-state index contributed by atoms with van der Waals surface area (Å²) in [6, 6.07) is 4.89. The second-order valence-corrected chi connectivity index (χ2v) is 6.74. The second kappa shape index (κ2) is 9.67. The molecule has 0 aliphatic rings. The Morgan fingerprint density at radius 3 is 2.38 bits per heavy atom. The lowest BCUT2D eigenvalue weighted by molar-refractivity contribution is -0.124. The van der Waals surface area contributed by atoms with Crippen LogP contribution in [0.2, 0.25) is 0 Å². The zero-order chi connectivity index (χ0) is 21.6. The molecule has 4 amide bonds. The first-order valence-electron chi connectivity index (χ1n) is 9.46. The van der Waals surface area contributed by atoms with Crippen LogP contribution < -0.4 is 27.5 Å². The standard InChI is InChI=1S/C19H26N6O4/c1-4-10-25-18(28)13-9-7-6-8-12(13)15(24-25)17(27)23-22-16(26)14(11(3)5-2)21-19(20)29/h6-9,11,14H,4-5,10H2,1-3H3,(H,22,26)(H,23,27)(H3,20,21,29)/t11-,14-/m0/s1. The van der Waals surface area contributed by atoms with Crippen molar-refractivity contribution < 1.29 is 14.4 Å². The summed E-state index contributed by atoms with van der Waals surface area (Å²) >= 11 is 0. The van der Waals surface area contributed by atoms with Crippen LogP contribution in [0.3, 0.4) is 0 Å². The van der Waals surface area contributed by atoms with Gasteiger partial charge in [-0.2, -0.15) is 5.10 Å². The number of benzene rings is 1. The SMILES string of the molecule is CCCn1nc(C(=O)NNC(=O)[C@@H](NC(N)=O)[C@@H](C)CC)c2ccccc2c1=O. The van der Waals surface area contributed by atoms with Gasteiger partial charge >= 0.3 is 6.03 Å². The molecular weight excluding hydrogens is 376 g/mol. The van der Waals surface area contributed by atoms with Crippen molar-refractivity contribution in [3.8, 4) is 0 Å². The van der Waals surface area contributed by atoms with E-state index < -0.39 is 23.9 Å². The summed E-state index contributed by atoms with van der Waals surface area (Å²) in [7, 11) is 0. The molecule has 0 fully saturated rings. The largest absolute Gasteiger partial charge is 0.352 e. The highest BCUT2D eigenvalue weighted by Crippen LogP contribution is 2.13. The summed E-state index contributed by atoms with van der Waals surface area (Å²) in [5.74, 6) is -1.50. The molecule has 10 heteroatoms. The third kappa shape index (κ3) is 5.09. The molecule has 1 aromatic heterocycles. The molecule has 2 rings (SSSR count). The molecule has 5 N–H and O–H groups in total. The number of carbonyl (C=O) groups excluding carboxylic acids is 3. The third-order valence-corrected chi connectivity index (χ3v) is 4.61. The first-order chi connectivity index (χ1) is 13.8. The van der Waals surface area contributed by atoms with Crippen LogP contribution in [0, 0.1) is 5.92 Å². The monoisotopic (exact) mass is 402 g/mol. The number of nitrogens with two attached hydrogens (primary N) is 1. The fraction of sp³-hybridized carbons (Fsp3) is 0.421. The van der Waals surface area contributed by atoms with Crippen molar-refractivity contribution in [3.05, 3.63) is 40.3 Å². The van der Waals surface area contributed by atoms with E-state index in [9.17, 15) is 19.2 Å². The van der Waals surface area contributed by atoms with E-state index in [2.05, 4.69) is 21.3 Å². The van der Waals surface area contributed by atoms with Crippen molar-refractivity contribution in [1.29, 1.82) is 0 Å². The smallest absolute Gasteiger partial charge is 0.312 e. The molecule has 0 aliphatic heterocycles. The fourth-order valence-corrected chi connectivity index (χ4v) is 2.88. The van der Waals surface area contributed by atoms with Gasteiger partial charge in [-0.1, -0.05) is 45.4 Å². The Balaban J connectivity index is 2.27. The molecule has 29 heavy (non-hydrogen) atoms. The molecule has 0 aliphatic carbocycles. The van der Waals surface area contributed by atoms with Gasteiger partial charge in [-0.3, -0.25) is 25.2 Å². The Labute approximate surface area is 167 Å². The maximum absolute atomic E-state index is 12.7. The van der Waals surface area contributed by atoms with Crippen LogP contribution in [0.4, 0.5) is 4.79 Å². The lowest BCUT2D eigenvalue weighted by atomic mass is 9.99. The number of hydrogen-bond acceptors (Lipinski definition) is 5. The number of aryl methyl sites for hydroxylation is 1. The zero-order valence-corrected chi connectivity index (χ0v) is 16.7. The minimum Gasteiger partial charge on any atom is -0.352 e. The maximum atomic E-state index is 12.7. The second-order valence-electron chi connectivity index (χ2n) is 6.74. The number of aromatic nitrogens is 2. The zero-order valence-electron chi connectivity index (χ0n) is 16.7. The highest BCUT2D eigenvalue weighted by Gasteiger charge is 2.26. The predicted octanol–water partition coefficient (Wildman–Crippen LogP) is 0.651. The Morgan fingerprint density at radius 1 is 1.14 bits per heavy atom. The van der Waals surface area contributed by atoms with Crippen molar-refractivity contribution in [2.24, 2.45) is 11.7 Å². The normalized spacial score (nSPS) is 12.8. The number of fused-ring (bicyclic) bond motifs is 1. The fourth-order valence-electron chi connectivity index (χ4n) is 2.88. The number of hydrogen-bond donors (Lipinski definition) is 4. The van der Waals surface area contributed by atoms with Crippen LogP contribution in [-0.2, 0) is 11.3 Å². The summed E-state index contributed by atoms with van der Waals surface area (Å²) in [5.41, 5.74) is 9.46. The van der Waals surface area contributed by atoms with Gasteiger partial charge < -0.3 is 11.1 Å². The minimum atomic E-state index is -0.906. The van der Waals surface area contributed by atoms with Crippen LogP contribution in [0.5, 0.6) is 0 Å². The van der Waals surface area contributed by atoms with E-state index >= 15 is 0 Å². The molecule has 1 heterocycles. The van der Waals surface area contributed by atoms with Gasteiger partial charge in [0, 0.05) is 11.9 Å². The topological polar surface area (TPSA) is 148 Å². The molecule has 0 saturated carbocycles. The van der Waals surface area contributed by atoms with Gasteiger partial charge in [-0.05, 0) is 18.4 Å². The predicted molar refractivity (Wildman–Crippen MR) is 108 cm³/mol. The Kier molecular flexibility index (Phi) is 7.29. The highest BCUT2D eigenvalue weighted by atomic mass is 16.2. The third-order valence-electron chi connectivity index (χ3n) is 4.61. The van der Waals surface area contributed by atoms with Crippen molar-refractivity contribution in [1.82, 2.24) is 25.9 Å². The van der Waals surface area contributed by atoms with Crippen molar-refractivity contribution in [2.45, 2.75) is 46.2 Å². The lowest BCUT2D eigenvalue weighted by Crippen LogP contribution is -2.55. The number of primary amides is 1. The Bertz CT molecular complexity index is 971. The lowest BCUT2D eigenvalue weighted by Gasteiger charge is -2.22.